The van der Waals surface area contributed by atoms with Crippen LogP contribution in [-0.4, -0.2) is 28.0 Å². The molecule has 0 radical (unpaired) electrons. The van der Waals surface area contributed by atoms with Crippen LogP contribution in [0.1, 0.15) is 40.8 Å². The van der Waals surface area contributed by atoms with Crippen molar-refractivity contribution >= 4 is 37.5 Å². The number of aryl methyl sites for hydroxylation is 4. The molecule has 6 nitrogen and oxygen atoms in total. The summed E-state index contributed by atoms with van der Waals surface area (Å²) in [4.78, 5) is 13.2. The Morgan fingerprint density at radius 2 is 1.60 bits per heavy atom. The van der Waals surface area contributed by atoms with Gasteiger partial charge in [0.15, 0.2) is 0 Å². The molecule has 0 aliphatic rings. The van der Waals surface area contributed by atoms with Crippen LogP contribution in [0.25, 0.3) is 0 Å². The maximum atomic E-state index is 13.7. The van der Waals surface area contributed by atoms with Gasteiger partial charge in [-0.15, -0.1) is 0 Å². The molecule has 0 aromatic heterocycles. The van der Waals surface area contributed by atoms with Crippen LogP contribution in [0.15, 0.2) is 64.0 Å². The van der Waals surface area contributed by atoms with E-state index in [9.17, 15) is 13.2 Å². The second kappa shape index (κ2) is 10.8. The molecule has 3 rings (SSSR count). The van der Waals surface area contributed by atoms with E-state index in [0.29, 0.717) is 15.9 Å². The molecule has 0 heterocycles. The molecule has 8 heteroatoms. The topological polar surface area (TPSA) is 75.7 Å². The van der Waals surface area contributed by atoms with Crippen molar-refractivity contribution in [1.82, 2.24) is 5.32 Å². The van der Waals surface area contributed by atoms with Crippen molar-refractivity contribution in [1.29, 1.82) is 0 Å². The molecule has 0 spiro atoms. The van der Waals surface area contributed by atoms with Crippen molar-refractivity contribution < 1.29 is 17.9 Å². The van der Waals surface area contributed by atoms with Crippen LogP contribution in [0.5, 0.6) is 5.75 Å². The number of sulfonamides is 1. The first-order valence-electron chi connectivity index (χ1n) is 11.2. The van der Waals surface area contributed by atoms with Gasteiger partial charge in [-0.25, -0.2) is 8.42 Å². The SMILES string of the molecule is COc1ccc(S(=O)(=O)N(CC(=O)NC(C)c2cc(C)c(C)cc2C)c2ccc(C)cc2)cc1Br. The number of carbonyl (C=O) groups is 1. The van der Waals surface area contributed by atoms with E-state index in [1.165, 1.54) is 24.8 Å². The Hall–Kier alpha value is -2.84. The number of nitrogens with one attached hydrogen (secondary N) is 1. The first-order chi connectivity index (χ1) is 16.4. The largest absolute Gasteiger partial charge is 0.496 e. The van der Waals surface area contributed by atoms with E-state index < -0.39 is 15.9 Å². The summed E-state index contributed by atoms with van der Waals surface area (Å²) in [5, 5.41) is 2.97. The summed E-state index contributed by atoms with van der Waals surface area (Å²) in [5.41, 5.74) is 5.80. The molecule has 1 amide bonds. The zero-order valence-electron chi connectivity index (χ0n) is 20.8. The molecule has 0 aliphatic heterocycles. The zero-order chi connectivity index (χ0) is 25.9. The number of rotatable bonds is 8. The standard InChI is InChI=1S/C27H31BrN2O4S/c1-17-7-9-22(10-8-17)30(35(32,33)23-11-12-26(34-6)25(28)15-23)16-27(31)29-21(5)24-14-19(3)18(2)13-20(24)4/h7-15,21H,16H2,1-6H3,(H,29,31). The summed E-state index contributed by atoms with van der Waals surface area (Å²) in [6, 6.07) is 15.5. The normalized spacial score (nSPS) is 12.2. The molecule has 35 heavy (non-hydrogen) atoms. The highest BCUT2D eigenvalue weighted by Gasteiger charge is 2.28. The Balaban J connectivity index is 1.93. The molecule has 186 valence electrons. The molecule has 1 N–H and O–H groups in total. The number of hydrogen-bond acceptors (Lipinski definition) is 4. The van der Waals surface area contributed by atoms with Crippen LogP contribution < -0.4 is 14.4 Å². The summed E-state index contributed by atoms with van der Waals surface area (Å²) in [5.74, 6) is 0.119. The lowest BCUT2D eigenvalue weighted by Gasteiger charge is -2.26. The molecule has 0 fully saturated rings. The lowest BCUT2D eigenvalue weighted by Crippen LogP contribution is -2.41. The molecular weight excluding hydrogens is 528 g/mol. The van der Waals surface area contributed by atoms with Crippen LogP contribution in [-0.2, 0) is 14.8 Å². The van der Waals surface area contributed by atoms with Crippen molar-refractivity contribution in [3.05, 3.63) is 86.9 Å². The van der Waals surface area contributed by atoms with Crippen molar-refractivity contribution in [2.45, 2.75) is 45.6 Å². The third kappa shape index (κ3) is 6.05. The lowest BCUT2D eigenvalue weighted by molar-refractivity contribution is -0.120. The number of anilines is 1. The van der Waals surface area contributed by atoms with Gasteiger partial charge >= 0.3 is 0 Å². The van der Waals surface area contributed by atoms with Gasteiger partial charge in [0, 0.05) is 0 Å². The predicted molar refractivity (Wildman–Crippen MR) is 144 cm³/mol. The average molecular weight is 560 g/mol. The van der Waals surface area contributed by atoms with Crippen LogP contribution in [0.2, 0.25) is 0 Å². The number of methoxy groups -OCH3 is 1. The van der Waals surface area contributed by atoms with Crippen LogP contribution >= 0.6 is 15.9 Å². The van der Waals surface area contributed by atoms with E-state index in [-0.39, 0.29) is 17.5 Å². The summed E-state index contributed by atoms with van der Waals surface area (Å²) < 4.78 is 34.2. The van der Waals surface area contributed by atoms with E-state index in [1.54, 1.807) is 18.2 Å². The van der Waals surface area contributed by atoms with Crippen molar-refractivity contribution in [3.8, 4) is 5.75 Å². The van der Waals surface area contributed by atoms with E-state index in [0.717, 1.165) is 26.6 Å². The Kier molecular flexibility index (Phi) is 8.28. The van der Waals surface area contributed by atoms with Gasteiger partial charge in [-0.2, -0.15) is 0 Å². The molecule has 0 saturated heterocycles. The average Bonchev–Trinajstić information content (AvgIpc) is 2.80. The summed E-state index contributed by atoms with van der Waals surface area (Å²) in [7, 11) is -2.53. The molecule has 0 bridgehead atoms. The van der Waals surface area contributed by atoms with E-state index in [2.05, 4.69) is 40.3 Å². The second-order valence-electron chi connectivity index (χ2n) is 8.73. The van der Waals surface area contributed by atoms with Gasteiger partial charge in [-0.05, 0) is 103 Å². The fraction of sp³-hybridized carbons (Fsp3) is 0.296. The van der Waals surface area contributed by atoms with Gasteiger partial charge in [0.05, 0.1) is 28.2 Å². The Morgan fingerprint density at radius 3 is 2.20 bits per heavy atom. The minimum atomic E-state index is -4.04. The number of carbonyl (C=O) groups excluding carboxylic acids is 1. The van der Waals surface area contributed by atoms with Crippen molar-refractivity contribution in [3.63, 3.8) is 0 Å². The van der Waals surface area contributed by atoms with Crippen molar-refractivity contribution in [2.75, 3.05) is 18.0 Å². The molecule has 0 saturated carbocycles. The highest BCUT2D eigenvalue weighted by atomic mass is 79.9. The number of amides is 1. The molecule has 3 aromatic rings. The number of ether oxygens (including phenoxy) is 1. The number of hydrogen-bond donors (Lipinski definition) is 1. The van der Waals surface area contributed by atoms with E-state index in [4.69, 9.17) is 4.74 Å². The second-order valence-corrected chi connectivity index (χ2v) is 11.4. The van der Waals surface area contributed by atoms with Crippen LogP contribution in [0.4, 0.5) is 5.69 Å². The summed E-state index contributed by atoms with van der Waals surface area (Å²) >= 11 is 3.35. The number of benzene rings is 3. The van der Waals surface area contributed by atoms with Gasteiger partial charge in [0.2, 0.25) is 5.91 Å². The van der Waals surface area contributed by atoms with Gasteiger partial charge in [-0.1, -0.05) is 29.8 Å². The molecule has 3 aromatic carbocycles. The monoisotopic (exact) mass is 558 g/mol. The minimum Gasteiger partial charge on any atom is -0.496 e. The first kappa shape index (κ1) is 26.8. The fourth-order valence-corrected chi connectivity index (χ4v) is 6.05. The Morgan fingerprint density at radius 1 is 0.971 bits per heavy atom. The molecule has 1 unspecified atom stereocenters. The van der Waals surface area contributed by atoms with Gasteiger partial charge < -0.3 is 10.1 Å². The quantitative estimate of drug-likeness (QED) is 0.381. The third-order valence-corrected chi connectivity index (χ3v) is 8.44. The van der Waals surface area contributed by atoms with Gasteiger partial charge in [0.1, 0.15) is 12.3 Å². The zero-order valence-corrected chi connectivity index (χ0v) is 23.2. The number of halogens is 1. The van der Waals surface area contributed by atoms with E-state index in [1.807, 2.05) is 39.8 Å². The van der Waals surface area contributed by atoms with Crippen LogP contribution in [0.3, 0.4) is 0 Å². The number of nitrogens with zero attached hydrogens (tertiary/aromatic N) is 1. The highest BCUT2D eigenvalue weighted by molar-refractivity contribution is 9.10. The third-order valence-electron chi connectivity index (χ3n) is 6.05. The van der Waals surface area contributed by atoms with Crippen LogP contribution in [0, 0.1) is 27.7 Å². The Labute approximate surface area is 216 Å². The first-order valence-corrected chi connectivity index (χ1v) is 13.5. The minimum absolute atomic E-state index is 0.0524. The summed E-state index contributed by atoms with van der Waals surface area (Å²) in [6.07, 6.45) is 0. The summed E-state index contributed by atoms with van der Waals surface area (Å²) in [6.45, 7) is 9.56. The Bertz CT molecular complexity index is 1340. The molecule has 1 atom stereocenters. The molecule has 0 aliphatic carbocycles. The molecular formula is C27H31BrN2O4S. The van der Waals surface area contributed by atoms with E-state index >= 15 is 0 Å². The smallest absolute Gasteiger partial charge is 0.264 e. The van der Waals surface area contributed by atoms with Gasteiger partial charge in [-0.3, -0.25) is 9.10 Å². The maximum absolute atomic E-state index is 13.7. The fourth-order valence-electron chi connectivity index (χ4n) is 3.91. The van der Waals surface area contributed by atoms with Crippen molar-refractivity contribution in [2.24, 2.45) is 0 Å². The highest BCUT2D eigenvalue weighted by Crippen LogP contribution is 2.31. The predicted octanol–water partition coefficient (Wildman–Crippen LogP) is 5.76. The lowest BCUT2D eigenvalue weighted by atomic mass is 9.96. The maximum Gasteiger partial charge on any atom is 0.264 e. The van der Waals surface area contributed by atoms with Gasteiger partial charge in [0.25, 0.3) is 10.0 Å².